The van der Waals surface area contributed by atoms with Crippen LogP contribution < -0.4 is 0 Å². The van der Waals surface area contributed by atoms with Gasteiger partial charge in [0, 0.05) is 5.92 Å². The van der Waals surface area contributed by atoms with Gasteiger partial charge in [0.1, 0.15) is 11.7 Å². The number of esters is 1. The molecule has 3 nitrogen and oxygen atoms in total. The SMILES string of the molecule is COC(=O)C1CCC(C)(C)CC(C)C1=O. The quantitative estimate of drug-likeness (QED) is 0.380. The summed E-state index contributed by atoms with van der Waals surface area (Å²) >= 11 is 0. The number of methoxy groups -OCH3 is 1. The zero-order chi connectivity index (χ0) is 11.6. The lowest BCUT2D eigenvalue weighted by molar-refractivity contribution is -0.150. The first-order valence-electron chi connectivity index (χ1n) is 5.49. The van der Waals surface area contributed by atoms with Gasteiger partial charge in [0.15, 0.2) is 0 Å². The molecule has 3 heteroatoms. The minimum Gasteiger partial charge on any atom is -0.468 e. The number of carbonyl (C=O) groups is 2. The Hall–Kier alpha value is -0.860. The molecule has 1 aliphatic rings. The van der Waals surface area contributed by atoms with E-state index in [1.807, 2.05) is 6.92 Å². The third kappa shape index (κ3) is 2.80. The summed E-state index contributed by atoms with van der Waals surface area (Å²) in [4.78, 5) is 23.4. The first-order valence-corrected chi connectivity index (χ1v) is 5.49. The van der Waals surface area contributed by atoms with Crippen molar-refractivity contribution in [1.82, 2.24) is 0 Å². The molecule has 15 heavy (non-hydrogen) atoms. The zero-order valence-corrected chi connectivity index (χ0v) is 10.0. The lowest BCUT2D eigenvalue weighted by atomic mass is 9.82. The minimum atomic E-state index is -0.535. The van der Waals surface area contributed by atoms with Gasteiger partial charge in [-0.15, -0.1) is 0 Å². The van der Waals surface area contributed by atoms with Crippen LogP contribution in [0.5, 0.6) is 0 Å². The molecule has 0 bridgehead atoms. The van der Waals surface area contributed by atoms with Crippen LogP contribution >= 0.6 is 0 Å². The van der Waals surface area contributed by atoms with E-state index in [-0.39, 0.29) is 23.1 Å². The Morgan fingerprint density at radius 2 is 2.07 bits per heavy atom. The molecule has 0 aromatic carbocycles. The maximum atomic E-state index is 11.9. The van der Waals surface area contributed by atoms with E-state index >= 15 is 0 Å². The van der Waals surface area contributed by atoms with Crippen LogP contribution in [-0.4, -0.2) is 18.9 Å². The number of hydrogen-bond donors (Lipinski definition) is 0. The summed E-state index contributed by atoms with van der Waals surface area (Å²) in [6.07, 6.45) is 2.39. The Bertz CT molecular complexity index is 268. The van der Waals surface area contributed by atoms with E-state index in [4.69, 9.17) is 0 Å². The second-order valence-corrected chi connectivity index (χ2v) is 5.29. The number of hydrogen-bond acceptors (Lipinski definition) is 3. The molecule has 0 aromatic rings. The number of ether oxygens (including phenoxy) is 1. The van der Waals surface area contributed by atoms with Crippen LogP contribution in [0.25, 0.3) is 0 Å². The Kier molecular flexibility index (Phi) is 3.53. The predicted molar refractivity (Wildman–Crippen MR) is 57.3 cm³/mol. The lowest BCUT2D eigenvalue weighted by Gasteiger charge is -2.23. The summed E-state index contributed by atoms with van der Waals surface area (Å²) in [5.74, 6) is -0.893. The average molecular weight is 212 g/mol. The standard InChI is InChI=1S/C12H20O3/c1-8-7-12(2,3)6-5-9(10(8)13)11(14)15-4/h8-9H,5-7H2,1-4H3. The molecule has 0 aromatic heterocycles. The molecule has 0 aliphatic heterocycles. The van der Waals surface area contributed by atoms with Crippen LogP contribution in [0.3, 0.4) is 0 Å². The van der Waals surface area contributed by atoms with Gasteiger partial charge >= 0.3 is 5.97 Å². The molecular formula is C12H20O3. The minimum absolute atomic E-state index is 0.0356. The van der Waals surface area contributed by atoms with Crippen molar-refractivity contribution in [2.45, 2.75) is 40.0 Å². The fourth-order valence-corrected chi connectivity index (χ4v) is 2.43. The monoisotopic (exact) mass is 212 g/mol. The summed E-state index contributed by atoms with van der Waals surface area (Å²) in [5.41, 5.74) is 0.151. The Labute approximate surface area is 91.2 Å². The van der Waals surface area contributed by atoms with Gasteiger partial charge in [-0.2, -0.15) is 0 Å². The van der Waals surface area contributed by atoms with Gasteiger partial charge in [0.2, 0.25) is 0 Å². The molecule has 86 valence electrons. The summed E-state index contributed by atoms with van der Waals surface area (Å²) in [7, 11) is 1.34. The normalized spacial score (nSPS) is 30.8. The molecule has 0 saturated heterocycles. The Morgan fingerprint density at radius 1 is 1.47 bits per heavy atom. The van der Waals surface area contributed by atoms with Crippen molar-refractivity contribution in [2.24, 2.45) is 17.3 Å². The Morgan fingerprint density at radius 3 is 2.60 bits per heavy atom. The third-order valence-corrected chi connectivity index (χ3v) is 3.28. The molecule has 0 N–H and O–H groups in total. The van der Waals surface area contributed by atoms with E-state index in [0.717, 1.165) is 12.8 Å². The molecule has 0 radical (unpaired) electrons. The highest BCUT2D eigenvalue weighted by Crippen LogP contribution is 2.37. The van der Waals surface area contributed by atoms with E-state index in [9.17, 15) is 9.59 Å². The van der Waals surface area contributed by atoms with Crippen molar-refractivity contribution < 1.29 is 14.3 Å². The van der Waals surface area contributed by atoms with Gasteiger partial charge in [0.25, 0.3) is 0 Å². The van der Waals surface area contributed by atoms with E-state index in [0.29, 0.717) is 6.42 Å². The highest BCUT2D eigenvalue weighted by atomic mass is 16.5. The van der Waals surface area contributed by atoms with Crippen molar-refractivity contribution in [3.63, 3.8) is 0 Å². The van der Waals surface area contributed by atoms with E-state index < -0.39 is 5.92 Å². The second-order valence-electron chi connectivity index (χ2n) is 5.29. The Balaban J connectivity index is 2.84. The number of ketones is 1. The molecule has 2 atom stereocenters. The summed E-state index contributed by atoms with van der Waals surface area (Å²) in [6.45, 7) is 6.21. The third-order valence-electron chi connectivity index (χ3n) is 3.28. The van der Waals surface area contributed by atoms with Crippen LogP contribution in [0.2, 0.25) is 0 Å². The van der Waals surface area contributed by atoms with Crippen molar-refractivity contribution in [1.29, 1.82) is 0 Å². The summed E-state index contributed by atoms with van der Waals surface area (Å²) < 4.78 is 4.67. The smallest absolute Gasteiger partial charge is 0.316 e. The van der Waals surface area contributed by atoms with Crippen molar-refractivity contribution in [3.8, 4) is 0 Å². The fourth-order valence-electron chi connectivity index (χ4n) is 2.43. The van der Waals surface area contributed by atoms with Gasteiger partial charge in [-0.1, -0.05) is 20.8 Å². The zero-order valence-electron chi connectivity index (χ0n) is 10.0. The molecule has 0 amide bonds. The molecule has 1 rings (SSSR count). The molecule has 0 spiro atoms. The van der Waals surface area contributed by atoms with Gasteiger partial charge < -0.3 is 4.74 Å². The topological polar surface area (TPSA) is 43.4 Å². The molecule has 1 aliphatic carbocycles. The molecule has 1 fully saturated rings. The van der Waals surface area contributed by atoms with Crippen LogP contribution in [0.1, 0.15) is 40.0 Å². The van der Waals surface area contributed by atoms with Crippen molar-refractivity contribution in [3.05, 3.63) is 0 Å². The van der Waals surface area contributed by atoms with Gasteiger partial charge in [-0.3, -0.25) is 9.59 Å². The number of Topliss-reactive ketones (excluding diaryl/α,β-unsaturated/α-hetero) is 1. The summed E-state index contributed by atoms with van der Waals surface area (Å²) in [6, 6.07) is 0. The van der Waals surface area contributed by atoms with E-state index in [2.05, 4.69) is 18.6 Å². The van der Waals surface area contributed by atoms with Crippen LogP contribution in [0.4, 0.5) is 0 Å². The molecular weight excluding hydrogens is 192 g/mol. The van der Waals surface area contributed by atoms with Gasteiger partial charge in [0.05, 0.1) is 7.11 Å². The average Bonchev–Trinajstić information content (AvgIpc) is 2.24. The van der Waals surface area contributed by atoms with Crippen molar-refractivity contribution >= 4 is 11.8 Å². The lowest BCUT2D eigenvalue weighted by Crippen LogP contribution is -2.28. The molecule has 1 saturated carbocycles. The first kappa shape index (κ1) is 12.2. The highest BCUT2D eigenvalue weighted by Gasteiger charge is 2.38. The van der Waals surface area contributed by atoms with E-state index in [1.54, 1.807) is 0 Å². The molecule has 0 heterocycles. The maximum Gasteiger partial charge on any atom is 0.316 e. The number of rotatable bonds is 1. The largest absolute Gasteiger partial charge is 0.468 e. The number of carbonyl (C=O) groups excluding carboxylic acids is 2. The summed E-state index contributed by atoms with van der Waals surface area (Å²) in [5, 5.41) is 0. The van der Waals surface area contributed by atoms with Crippen LogP contribution in [-0.2, 0) is 14.3 Å². The maximum absolute atomic E-state index is 11.9. The van der Waals surface area contributed by atoms with Crippen LogP contribution in [0, 0.1) is 17.3 Å². The first-order chi connectivity index (χ1) is 6.87. The molecule has 2 unspecified atom stereocenters. The highest BCUT2D eigenvalue weighted by molar-refractivity contribution is 6.00. The van der Waals surface area contributed by atoms with Crippen molar-refractivity contribution in [2.75, 3.05) is 7.11 Å². The van der Waals surface area contributed by atoms with Crippen LogP contribution in [0.15, 0.2) is 0 Å². The van der Waals surface area contributed by atoms with Gasteiger partial charge in [-0.25, -0.2) is 0 Å². The van der Waals surface area contributed by atoms with Gasteiger partial charge in [-0.05, 0) is 24.7 Å². The second kappa shape index (κ2) is 4.33. The fraction of sp³-hybridized carbons (Fsp3) is 0.833. The van der Waals surface area contributed by atoms with E-state index in [1.165, 1.54) is 7.11 Å². The predicted octanol–water partition coefficient (Wildman–Crippen LogP) is 2.19.